The highest BCUT2D eigenvalue weighted by Gasteiger charge is 2.18. The van der Waals surface area contributed by atoms with Crippen LogP contribution in [0.4, 0.5) is 0 Å². The molecule has 0 bridgehead atoms. The van der Waals surface area contributed by atoms with Gasteiger partial charge in [-0.3, -0.25) is 4.79 Å². The second kappa shape index (κ2) is 7.49. The first-order chi connectivity index (χ1) is 8.95. The van der Waals surface area contributed by atoms with Crippen LogP contribution in [-0.4, -0.2) is 32.5 Å². The summed E-state index contributed by atoms with van der Waals surface area (Å²) in [5, 5.41) is 11.5. The van der Waals surface area contributed by atoms with Gasteiger partial charge in [-0.1, -0.05) is 25.6 Å². The molecule has 19 heavy (non-hydrogen) atoms. The Morgan fingerprint density at radius 1 is 1.42 bits per heavy atom. The topological polar surface area (TPSA) is 85.8 Å². The van der Waals surface area contributed by atoms with Gasteiger partial charge in [0.1, 0.15) is 5.82 Å². The Hall–Kier alpha value is -1.08. The largest absolute Gasteiger partial charge is 0.355 e. The quantitative estimate of drug-likeness (QED) is 0.728. The van der Waals surface area contributed by atoms with Crippen molar-refractivity contribution in [2.45, 2.75) is 44.1 Å². The molecule has 1 rings (SSSR count). The molecular weight excluding hydrogens is 262 g/mol. The number of nitrogens with two attached hydrogens (primary N) is 1. The van der Waals surface area contributed by atoms with E-state index in [2.05, 4.69) is 29.4 Å². The Morgan fingerprint density at radius 3 is 2.63 bits per heavy atom. The fourth-order valence-electron chi connectivity index (χ4n) is 1.46. The molecule has 0 spiro atoms. The highest BCUT2D eigenvalue weighted by atomic mass is 32.2. The standard InChI is InChI=1S/C12H23N5OS/c1-8(2)5-6-14-11(18)9(3)19-12-16-15-10(7-13)17(12)4/h8-9H,5-7,13H2,1-4H3,(H,14,18). The first-order valence-electron chi connectivity index (χ1n) is 6.48. The number of amides is 1. The van der Waals surface area contributed by atoms with Crippen LogP contribution in [0, 0.1) is 5.92 Å². The zero-order valence-corrected chi connectivity index (χ0v) is 12.8. The predicted molar refractivity (Wildman–Crippen MR) is 76.7 cm³/mol. The van der Waals surface area contributed by atoms with Crippen molar-refractivity contribution < 1.29 is 4.79 Å². The number of carbonyl (C=O) groups excluding carboxylic acids is 1. The average molecular weight is 285 g/mol. The third-order valence-electron chi connectivity index (χ3n) is 2.78. The molecule has 7 heteroatoms. The molecule has 1 unspecified atom stereocenters. The molecule has 0 saturated carbocycles. The summed E-state index contributed by atoms with van der Waals surface area (Å²) in [5.41, 5.74) is 5.54. The number of aromatic nitrogens is 3. The van der Waals surface area contributed by atoms with Gasteiger partial charge in [0.2, 0.25) is 5.91 Å². The second-order valence-corrected chi connectivity index (χ2v) is 6.20. The average Bonchev–Trinajstić information content (AvgIpc) is 2.69. The lowest BCUT2D eigenvalue weighted by Gasteiger charge is -2.12. The van der Waals surface area contributed by atoms with E-state index in [-0.39, 0.29) is 11.2 Å². The third kappa shape index (κ3) is 4.83. The van der Waals surface area contributed by atoms with Gasteiger partial charge in [0.15, 0.2) is 5.16 Å². The maximum atomic E-state index is 11.9. The van der Waals surface area contributed by atoms with Crippen LogP contribution in [0.25, 0.3) is 0 Å². The van der Waals surface area contributed by atoms with Gasteiger partial charge >= 0.3 is 0 Å². The van der Waals surface area contributed by atoms with E-state index in [1.807, 2.05) is 18.5 Å². The SMILES string of the molecule is CC(C)CCNC(=O)C(C)Sc1nnc(CN)n1C. The van der Waals surface area contributed by atoms with Gasteiger partial charge in [0.05, 0.1) is 11.8 Å². The maximum Gasteiger partial charge on any atom is 0.233 e. The lowest BCUT2D eigenvalue weighted by Crippen LogP contribution is -2.32. The fourth-order valence-corrected chi connectivity index (χ4v) is 2.32. The Labute approximate surface area is 118 Å². The van der Waals surface area contributed by atoms with Crippen molar-refractivity contribution in [3.05, 3.63) is 5.82 Å². The van der Waals surface area contributed by atoms with Gasteiger partial charge in [0.25, 0.3) is 0 Å². The number of hydrogen-bond donors (Lipinski definition) is 2. The van der Waals surface area contributed by atoms with Gasteiger partial charge in [-0.25, -0.2) is 0 Å². The Bertz CT molecular complexity index is 418. The third-order valence-corrected chi connectivity index (χ3v) is 3.91. The predicted octanol–water partition coefficient (Wildman–Crippen LogP) is 0.917. The van der Waals surface area contributed by atoms with E-state index in [1.54, 1.807) is 0 Å². The summed E-state index contributed by atoms with van der Waals surface area (Å²) in [5.74, 6) is 1.34. The van der Waals surface area contributed by atoms with Crippen LogP contribution in [0.2, 0.25) is 0 Å². The molecule has 6 nitrogen and oxygen atoms in total. The molecule has 0 aliphatic heterocycles. The van der Waals surface area contributed by atoms with Gasteiger partial charge in [0, 0.05) is 13.6 Å². The van der Waals surface area contributed by atoms with Crippen LogP contribution >= 0.6 is 11.8 Å². The van der Waals surface area contributed by atoms with Crippen molar-refractivity contribution in [3.8, 4) is 0 Å². The Kier molecular flexibility index (Phi) is 6.30. The van der Waals surface area contributed by atoms with Gasteiger partial charge in [-0.05, 0) is 19.3 Å². The summed E-state index contributed by atoms with van der Waals surface area (Å²) >= 11 is 1.40. The van der Waals surface area contributed by atoms with Gasteiger partial charge < -0.3 is 15.6 Å². The molecule has 108 valence electrons. The van der Waals surface area contributed by atoms with Crippen LogP contribution in [0.3, 0.4) is 0 Å². The molecule has 0 saturated heterocycles. The van der Waals surface area contributed by atoms with Gasteiger partial charge in [-0.2, -0.15) is 0 Å². The molecule has 0 radical (unpaired) electrons. The lowest BCUT2D eigenvalue weighted by atomic mass is 10.1. The van der Waals surface area contributed by atoms with Crippen molar-refractivity contribution in [1.82, 2.24) is 20.1 Å². The first kappa shape index (κ1) is 16.0. The number of hydrogen-bond acceptors (Lipinski definition) is 5. The molecule has 3 N–H and O–H groups in total. The van der Waals surface area contributed by atoms with E-state index in [0.717, 1.165) is 12.2 Å². The summed E-state index contributed by atoms with van der Waals surface area (Å²) < 4.78 is 1.82. The zero-order valence-electron chi connectivity index (χ0n) is 12.0. The summed E-state index contributed by atoms with van der Waals surface area (Å²) in [6.45, 7) is 7.20. The Balaban J connectivity index is 2.47. The van der Waals surface area contributed by atoms with Crippen LogP contribution in [-0.2, 0) is 18.4 Å². The van der Waals surface area contributed by atoms with Crippen molar-refractivity contribution in [1.29, 1.82) is 0 Å². The number of thioether (sulfide) groups is 1. The molecule has 1 atom stereocenters. The summed E-state index contributed by atoms with van der Waals surface area (Å²) in [6, 6.07) is 0. The monoisotopic (exact) mass is 285 g/mol. The molecule has 1 aromatic heterocycles. The molecule has 1 heterocycles. The highest BCUT2D eigenvalue weighted by molar-refractivity contribution is 8.00. The van der Waals surface area contributed by atoms with Crippen LogP contribution in [0.15, 0.2) is 5.16 Å². The van der Waals surface area contributed by atoms with Crippen molar-refractivity contribution in [3.63, 3.8) is 0 Å². The van der Waals surface area contributed by atoms with Crippen LogP contribution in [0.1, 0.15) is 33.0 Å². The summed E-state index contributed by atoms with van der Waals surface area (Å²) in [6.07, 6.45) is 0.990. The van der Waals surface area contributed by atoms with E-state index in [0.29, 0.717) is 24.2 Å². The Morgan fingerprint density at radius 2 is 2.11 bits per heavy atom. The van der Waals surface area contributed by atoms with E-state index in [9.17, 15) is 4.79 Å². The fraction of sp³-hybridized carbons (Fsp3) is 0.750. The van der Waals surface area contributed by atoms with E-state index >= 15 is 0 Å². The smallest absolute Gasteiger partial charge is 0.233 e. The van der Waals surface area contributed by atoms with Crippen molar-refractivity contribution in [2.75, 3.05) is 6.54 Å². The minimum atomic E-state index is -0.194. The molecule has 1 aromatic rings. The lowest BCUT2D eigenvalue weighted by molar-refractivity contribution is -0.120. The summed E-state index contributed by atoms with van der Waals surface area (Å²) in [4.78, 5) is 11.9. The minimum absolute atomic E-state index is 0.0305. The van der Waals surface area contributed by atoms with Crippen molar-refractivity contribution in [2.24, 2.45) is 18.7 Å². The molecule has 0 aliphatic carbocycles. The summed E-state index contributed by atoms with van der Waals surface area (Å²) in [7, 11) is 1.86. The number of nitrogens with zero attached hydrogens (tertiary/aromatic N) is 3. The van der Waals surface area contributed by atoms with Crippen LogP contribution in [0.5, 0.6) is 0 Å². The molecule has 1 amide bonds. The van der Waals surface area contributed by atoms with Crippen molar-refractivity contribution >= 4 is 17.7 Å². The van der Waals surface area contributed by atoms with E-state index in [1.165, 1.54) is 11.8 Å². The number of carbonyl (C=O) groups is 1. The minimum Gasteiger partial charge on any atom is -0.355 e. The second-order valence-electron chi connectivity index (χ2n) is 4.90. The first-order valence-corrected chi connectivity index (χ1v) is 7.36. The van der Waals surface area contributed by atoms with E-state index in [4.69, 9.17) is 5.73 Å². The van der Waals surface area contributed by atoms with Crippen LogP contribution < -0.4 is 11.1 Å². The molecule has 0 aliphatic rings. The highest BCUT2D eigenvalue weighted by Crippen LogP contribution is 2.21. The molecular formula is C12H23N5OS. The maximum absolute atomic E-state index is 11.9. The normalized spacial score (nSPS) is 12.7. The van der Waals surface area contributed by atoms with Gasteiger partial charge in [-0.15, -0.1) is 10.2 Å². The zero-order chi connectivity index (χ0) is 14.4. The number of rotatable bonds is 7. The molecule has 0 fully saturated rings. The van der Waals surface area contributed by atoms with E-state index < -0.39 is 0 Å². The molecule has 0 aromatic carbocycles. The number of nitrogens with one attached hydrogen (secondary N) is 1.